The number of halogens is 2. The van der Waals surface area contributed by atoms with Crippen LogP contribution in [-0.4, -0.2) is 16.2 Å². The normalized spacial score (nSPS) is 11.1. The van der Waals surface area contributed by atoms with Crippen molar-refractivity contribution in [1.82, 2.24) is 9.55 Å². The highest BCUT2D eigenvalue weighted by atomic mass is 35.5. The van der Waals surface area contributed by atoms with Crippen LogP contribution in [0.2, 0.25) is 10.0 Å². The molecule has 5 heteroatoms. The number of rotatable bonds is 5. The first-order valence-corrected chi connectivity index (χ1v) is 6.67. The zero-order valence-electron chi connectivity index (χ0n) is 10.5. The molecule has 1 heterocycles. The molecule has 0 amide bonds. The van der Waals surface area contributed by atoms with Crippen LogP contribution in [0.4, 0.5) is 0 Å². The maximum absolute atomic E-state index is 6.20. The Morgan fingerprint density at radius 1 is 1.37 bits per heavy atom. The molecule has 0 aliphatic heterocycles. The van der Waals surface area contributed by atoms with Crippen molar-refractivity contribution in [3.8, 4) is 11.4 Å². The Kier molecular flexibility index (Phi) is 4.88. The third-order valence-corrected chi connectivity index (χ3v) is 3.12. The van der Waals surface area contributed by atoms with Crippen molar-refractivity contribution < 1.29 is 4.74 Å². The summed E-state index contributed by atoms with van der Waals surface area (Å²) in [5, 5.41) is 1.21. The Labute approximate surface area is 122 Å². The van der Waals surface area contributed by atoms with E-state index in [9.17, 15) is 0 Å². The lowest BCUT2D eigenvalue weighted by molar-refractivity contribution is 0.235. The Morgan fingerprint density at radius 3 is 2.95 bits per heavy atom. The molecule has 1 aromatic carbocycles. The van der Waals surface area contributed by atoms with Gasteiger partial charge in [-0.15, -0.1) is 0 Å². The number of benzene rings is 1. The van der Waals surface area contributed by atoms with Crippen LogP contribution in [0.15, 0.2) is 42.9 Å². The fourth-order valence-electron chi connectivity index (χ4n) is 1.72. The Morgan fingerprint density at radius 2 is 2.21 bits per heavy atom. The molecule has 2 rings (SSSR count). The molecule has 0 fully saturated rings. The second kappa shape index (κ2) is 6.64. The molecule has 19 heavy (non-hydrogen) atoms. The van der Waals surface area contributed by atoms with Gasteiger partial charge in [0.2, 0.25) is 0 Å². The summed E-state index contributed by atoms with van der Waals surface area (Å²) in [6.07, 6.45) is 7.17. The molecule has 0 radical (unpaired) electrons. The van der Waals surface area contributed by atoms with E-state index in [0.29, 0.717) is 23.2 Å². The van der Waals surface area contributed by atoms with Gasteiger partial charge in [-0.05, 0) is 25.1 Å². The van der Waals surface area contributed by atoms with E-state index in [4.69, 9.17) is 27.9 Å². The molecule has 0 aliphatic rings. The van der Waals surface area contributed by atoms with Crippen LogP contribution in [0.3, 0.4) is 0 Å². The molecule has 0 saturated heterocycles. The van der Waals surface area contributed by atoms with E-state index >= 15 is 0 Å². The maximum Gasteiger partial charge on any atom is 0.141 e. The topological polar surface area (TPSA) is 27.1 Å². The second-order valence-corrected chi connectivity index (χ2v) is 4.75. The quantitative estimate of drug-likeness (QED) is 0.604. The molecule has 1 aromatic heterocycles. The van der Waals surface area contributed by atoms with Gasteiger partial charge in [-0.3, -0.25) is 0 Å². The van der Waals surface area contributed by atoms with E-state index in [2.05, 4.69) is 4.98 Å². The summed E-state index contributed by atoms with van der Waals surface area (Å²) in [7, 11) is 0. The number of hydrogen-bond acceptors (Lipinski definition) is 2. The predicted molar refractivity (Wildman–Crippen MR) is 78.4 cm³/mol. The van der Waals surface area contributed by atoms with E-state index in [0.717, 1.165) is 11.4 Å². The average Bonchev–Trinajstić information content (AvgIpc) is 2.83. The van der Waals surface area contributed by atoms with Crippen molar-refractivity contribution in [3.05, 3.63) is 53.0 Å². The summed E-state index contributed by atoms with van der Waals surface area (Å²) < 4.78 is 7.31. The number of hydrogen-bond donors (Lipinski definition) is 0. The standard InChI is InChI=1S/C14H14Cl2N2O/c1-2-8-19-9-7-18-6-5-17-14(18)12-4-3-11(15)10-13(12)16/h2-6,8,10H,7,9H2,1H3. The van der Waals surface area contributed by atoms with Gasteiger partial charge in [-0.1, -0.05) is 29.3 Å². The highest BCUT2D eigenvalue weighted by molar-refractivity contribution is 6.36. The molecular formula is C14H14Cl2N2O. The first-order chi connectivity index (χ1) is 9.22. The highest BCUT2D eigenvalue weighted by Crippen LogP contribution is 2.29. The maximum atomic E-state index is 6.20. The molecular weight excluding hydrogens is 283 g/mol. The molecule has 0 N–H and O–H groups in total. The van der Waals surface area contributed by atoms with E-state index in [1.807, 2.05) is 29.8 Å². The first kappa shape index (κ1) is 14.0. The summed E-state index contributed by atoms with van der Waals surface area (Å²) in [5.41, 5.74) is 0.863. The minimum atomic E-state index is 0.582. The number of imidazole rings is 1. The summed E-state index contributed by atoms with van der Waals surface area (Å²) in [4.78, 5) is 4.34. The summed E-state index contributed by atoms with van der Waals surface area (Å²) in [6, 6.07) is 5.39. The van der Waals surface area contributed by atoms with E-state index in [-0.39, 0.29) is 0 Å². The summed E-state index contributed by atoms with van der Waals surface area (Å²) >= 11 is 12.1. The largest absolute Gasteiger partial charge is 0.500 e. The molecule has 0 spiro atoms. The summed E-state index contributed by atoms with van der Waals surface area (Å²) in [6.45, 7) is 3.20. The molecule has 100 valence electrons. The van der Waals surface area contributed by atoms with Crippen LogP contribution in [0.5, 0.6) is 0 Å². The third kappa shape index (κ3) is 3.52. The molecule has 0 atom stereocenters. The Balaban J connectivity index is 2.18. The third-order valence-electron chi connectivity index (χ3n) is 2.57. The lowest BCUT2D eigenvalue weighted by Crippen LogP contribution is -2.04. The van der Waals surface area contributed by atoms with Crippen LogP contribution in [0.1, 0.15) is 6.92 Å². The molecule has 3 nitrogen and oxygen atoms in total. The van der Waals surface area contributed by atoms with Crippen molar-refractivity contribution in [2.24, 2.45) is 0 Å². The average molecular weight is 297 g/mol. The van der Waals surface area contributed by atoms with Crippen molar-refractivity contribution in [2.45, 2.75) is 13.5 Å². The smallest absolute Gasteiger partial charge is 0.141 e. The van der Waals surface area contributed by atoms with Crippen LogP contribution in [-0.2, 0) is 11.3 Å². The van der Waals surface area contributed by atoms with Crippen LogP contribution < -0.4 is 0 Å². The fraction of sp³-hybridized carbons (Fsp3) is 0.214. The van der Waals surface area contributed by atoms with E-state index in [1.54, 1.807) is 24.6 Å². The molecule has 0 aliphatic carbocycles. The van der Waals surface area contributed by atoms with Gasteiger partial charge in [0.15, 0.2) is 0 Å². The summed E-state index contributed by atoms with van der Waals surface area (Å²) in [5.74, 6) is 0.811. The Bertz CT molecular complexity index is 579. The zero-order chi connectivity index (χ0) is 13.7. The van der Waals surface area contributed by atoms with Crippen molar-refractivity contribution >= 4 is 23.2 Å². The van der Waals surface area contributed by atoms with E-state index in [1.165, 1.54) is 0 Å². The van der Waals surface area contributed by atoms with E-state index < -0.39 is 0 Å². The van der Waals surface area contributed by atoms with Crippen molar-refractivity contribution in [1.29, 1.82) is 0 Å². The first-order valence-electron chi connectivity index (χ1n) is 5.91. The SMILES string of the molecule is CC=COCCn1ccnc1-c1ccc(Cl)cc1Cl. The van der Waals surface area contributed by atoms with Gasteiger partial charge in [0.25, 0.3) is 0 Å². The minimum absolute atomic E-state index is 0.582. The second-order valence-electron chi connectivity index (χ2n) is 3.91. The van der Waals surface area contributed by atoms with Gasteiger partial charge in [-0.25, -0.2) is 4.98 Å². The minimum Gasteiger partial charge on any atom is -0.500 e. The lowest BCUT2D eigenvalue weighted by Gasteiger charge is -2.09. The fourth-order valence-corrected chi connectivity index (χ4v) is 2.21. The van der Waals surface area contributed by atoms with Crippen LogP contribution in [0, 0.1) is 0 Å². The predicted octanol–water partition coefficient (Wildman–Crippen LogP) is 4.41. The number of ether oxygens (including phenoxy) is 1. The molecule has 0 bridgehead atoms. The van der Waals surface area contributed by atoms with Crippen LogP contribution >= 0.6 is 23.2 Å². The number of allylic oxidation sites excluding steroid dienone is 1. The monoisotopic (exact) mass is 296 g/mol. The van der Waals surface area contributed by atoms with Crippen molar-refractivity contribution in [3.63, 3.8) is 0 Å². The Hall–Kier alpha value is -1.45. The van der Waals surface area contributed by atoms with Gasteiger partial charge in [0, 0.05) is 23.0 Å². The number of aromatic nitrogens is 2. The molecule has 2 aromatic rings. The van der Waals surface area contributed by atoms with Gasteiger partial charge in [-0.2, -0.15) is 0 Å². The van der Waals surface area contributed by atoms with Gasteiger partial charge >= 0.3 is 0 Å². The zero-order valence-corrected chi connectivity index (χ0v) is 12.0. The van der Waals surface area contributed by atoms with Crippen LogP contribution in [0.25, 0.3) is 11.4 Å². The molecule has 0 unspecified atom stereocenters. The number of nitrogens with zero attached hydrogens (tertiary/aromatic N) is 2. The van der Waals surface area contributed by atoms with Gasteiger partial charge in [0.05, 0.1) is 17.8 Å². The van der Waals surface area contributed by atoms with Gasteiger partial charge in [0.1, 0.15) is 12.4 Å². The highest BCUT2D eigenvalue weighted by Gasteiger charge is 2.10. The molecule has 0 saturated carbocycles. The van der Waals surface area contributed by atoms with Crippen molar-refractivity contribution in [2.75, 3.05) is 6.61 Å². The van der Waals surface area contributed by atoms with Gasteiger partial charge < -0.3 is 9.30 Å². The lowest BCUT2D eigenvalue weighted by atomic mass is 10.2.